The van der Waals surface area contributed by atoms with Gasteiger partial charge in [0.1, 0.15) is 5.82 Å². The number of urea groups is 1. The van der Waals surface area contributed by atoms with Gasteiger partial charge in [0.15, 0.2) is 0 Å². The first kappa shape index (κ1) is 16.4. The molecular weight excluding hydrogens is 377 g/mol. The number of hydrogen-bond donors (Lipinski definition) is 2. The highest BCUT2D eigenvalue weighted by molar-refractivity contribution is 9.10. The van der Waals surface area contributed by atoms with Crippen molar-refractivity contribution in [2.75, 3.05) is 18.0 Å². The molecule has 7 heteroatoms. The molecule has 0 atom stereocenters. The largest absolute Gasteiger partial charge is 0.348 e. The van der Waals surface area contributed by atoms with E-state index in [0.717, 1.165) is 10.2 Å². The molecule has 0 saturated carbocycles. The molecule has 0 unspecified atom stereocenters. The van der Waals surface area contributed by atoms with Crippen LogP contribution in [0, 0.1) is 5.82 Å². The van der Waals surface area contributed by atoms with E-state index in [1.165, 1.54) is 6.07 Å². The number of halogens is 2. The maximum atomic E-state index is 13.7. The van der Waals surface area contributed by atoms with Gasteiger partial charge in [0.25, 0.3) is 5.91 Å². The highest BCUT2D eigenvalue weighted by Gasteiger charge is 2.21. The zero-order chi connectivity index (χ0) is 17.1. The summed E-state index contributed by atoms with van der Waals surface area (Å²) in [7, 11) is 0. The molecule has 2 aromatic rings. The van der Waals surface area contributed by atoms with E-state index in [4.69, 9.17) is 0 Å². The van der Waals surface area contributed by atoms with E-state index in [2.05, 4.69) is 26.6 Å². The Morgan fingerprint density at radius 2 is 2.00 bits per heavy atom. The van der Waals surface area contributed by atoms with Crippen LogP contribution >= 0.6 is 15.9 Å². The molecule has 0 spiro atoms. The summed E-state index contributed by atoms with van der Waals surface area (Å²) in [6, 6.07) is 11.2. The molecule has 0 radical (unpaired) electrons. The molecule has 0 bridgehead atoms. The summed E-state index contributed by atoms with van der Waals surface area (Å²) in [5.41, 5.74) is 1.59. The summed E-state index contributed by atoms with van der Waals surface area (Å²) in [6.45, 7) is 1.31. The van der Waals surface area contributed by atoms with Gasteiger partial charge in [-0.25, -0.2) is 9.18 Å². The average Bonchev–Trinajstić information content (AvgIpc) is 3.01. The number of carbonyl (C=O) groups excluding carboxylic acids is 2. The molecule has 124 valence electrons. The van der Waals surface area contributed by atoms with Crippen LogP contribution in [0.25, 0.3) is 0 Å². The maximum absolute atomic E-state index is 13.7. The summed E-state index contributed by atoms with van der Waals surface area (Å²) >= 11 is 3.28. The molecule has 0 aromatic heterocycles. The first-order valence-corrected chi connectivity index (χ1v) is 8.21. The second-order valence-electron chi connectivity index (χ2n) is 5.35. The lowest BCUT2D eigenvalue weighted by Gasteiger charge is -2.14. The number of rotatable bonds is 4. The summed E-state index contributed by atoms with van der Waals surface area (Å²) in [5.74, 6) is -0.666. The minimum atomic E-state index is -0.367. The Morgan fingerprint density at radius 1 is 1.25 bits per heavy atom. The number of benzene rings is 2. The van der Waals surface area contributed by atoms with Crippen LogP contribution in [-0.4, -0.2) is 25.0 Å². The molecule has 2 aromatic carbocycles. The maximum Gasteiger partial charge on any atom is 0.321 e. The van der Waals surface area contributed by atoms with Crippen LogP contribution in [-0.2, 0) is 6.54 Å². The Balaban J connectivity index is 1.65. The van der Waals surface area contributed by atoms with Gasteiger partial charge in [0.05, 0.1) is 0 Å². The lowest BCUT2D eigenvalue weighted by atomic mass is 10.1. The Morgan fingerprint density at radius 3 is 2.67 bits per heavy atom. The first-order chi connectivity index (χ1) is 11.5. The van der Waals surface area contributed by atoms with Crippen molar-refractivity contribution in [3.05, 3.63) is 63.9 Å². The van der Waals surface area contributed by atoms with Gasteiger partial charge in [0, 0.05) is 40.9 Å². The third kappa shape index (κ3) is 3.56. The van der Waals surface area contributed by atoms with E-state index in [0.29, 0.717) is 24.2 Å². The van der Waals surface area contributed by atoms with Crippen molar-refractivity contribution in [3.8, 4) is 0 Å². The smallest absolute Gasteiger partial charge is 0.321 e. The standard InChI is InChI=1S/C17H15BrFN3O2/c18-13-3-6-15(19)12(9-13)10-21-16(23)11-1-4-14(5-2-11)22-8-7-20-17(22)24/h1-6,9H,7-8,10H2,(H,20,24)(H,21,23). The lowest BCUT2D eigenvalue weighted by molar-refractivity contribution is 0.0950. The molecule has 1 saturated heterocycles. The van der Waals surface area contributed by atoms with E-state index in [9.17, 15) is 14.0 Å². The minimum absolute atomic E-state index is 0.0976. The van der Waals surface area contributed by atoms with Crippen LogP contribution in [0.3, 0.4) is 0 Å². The van der Waals surface area contributed by atoms with Gasteiger partial charge >= 0.3 is 6.03 Å². The molecule has 0 aliphatic carbocycles. The van der Waals surface area contributed by atoms with Crippen molar-refractivity contribution >= 4 is 33.6 Å². The van der Waals surface area contributed by atoms with E-state index in [1.807, 2.05) is 0 Å². The fraction of sp³-hybridized carbons (Fsp3) is 0.176. The van der Waals surface area contributed by atoms with Crippen molar-refractivity contribution in [2.45, 2.75) is 6.54 Å². The highest BCUT2D eigenvalue weighted by atomic mass is 79.9. The van der Waals surface area contributed by atoms with Crippen molar-refractivity contribution in [1.82, 2.24) is 10.6 Å². The van der Waals surface area contributed by atoms with Gasteiger partial charge in [-0.15, -0.1) is 0 Å². The fourth-order valence-electron chi connectivity index (χ4n) is 2.47. The molecule has 2 N–H and O–H groups in total. The number of anilines is 1. The van der Waals surface area contributed by atoms with Crippen LogP contribution in [0.15, 0.2) is 46.9 Å². The predicted octanol–water partition coefficient (Wildman–Crippen LogP) is 3.05. The van der Waals surface area contributed by atoms with Crippen molar-refractivity contribution in [2.24, 2.45) is 0 Å². The minimum Gasteiger partial charge on any atom is -0.348 e. The molecule has 5 nitrogen and oxygen atoms in total. The molecule has 1 aliphatic rings. The number of amides is 3. The first-order valence-electron chi connectivity index (χ1n) is 7.42. The van der Waals surface area contributed by atoms with Gasteiger partial charge in [-0.2, -0.15) is 0 Å². The lowest BCUT2D eigenvalue weighted by Crippen LogP contribution is -2.28. The summed E-state index contributed by atoms with van der Waals surface area (Å²) in [6.07, 6.45) is 0. The molecule has 1 aliphatic heterocycles. The van der Waals surface area contributed by atoms with E-state index in [1.54, 1.807) is 41.3 Å². The van der Waals surface area contributed by atoms with Gasteiger partial charge in [-0.3, -0.25) is 9.69 Å². The summed E-state index contributed by atoms with van der Waals surface area (Å²) in [4.78, 5) is 25.4. The van der Waals surface area contributed by atoms with Crippen LogP contribution in [0.5, 0.6) is 0 Å². The second-order valence-corrected chi connectivity index (χ2v) is 6.26. The number of carbonyl (C=O) groups is 2. The van der Waals surface area contributed by atoms with E-state index < -0.39 is 0 Å². The molecule has 24 heavy (non-hydrogen) atoms. The number of nitrogens with zero attached hydrogens (tertiary/aromatic N) is 1. The monoisotopic (exact) mass is 391 g/mol. The average molecular weight is 392 g/mol. The topological polar surface area (TPSA) is 61.4 Å². The molecule has 3 amide bonds. The number of hydrogen-bond acceptors (Lipinski definition) is 2. The van der Waals surface area contributed by atoms with Gasteiger partial charge in [0.2, 0.25) is 0 Å². The highest BCUT2D eigenvalue weighted by Crippen LogP contribution is 2.18. The molecule has 1 heterocycles. The van der Waals surface area contributed by atoms with Crippen molar-refractivity contribution < 1.29 is 14.0 Å². The predicted molar refractivity (Wildman–Crippen MR) is 92.5 cm³/mol. The van der Waals surface area contributed by atoms with Crippen molar-refractivity contribution in [1.29, 1.82) is 0 Å². The Labute approximate surface area is 147 Å². The van der Waals surface area contributed by atoms with E-state index >= 15 is 0 Å². The van der Waals surface area contributed by atoms with Crippen LogP contribution in [0.2, 0.25) is 0 Å². The Bertz CT molecular complexity index is 780. The fourth-order valence-corrected chi connectivity index (χ4v) is 2.88. The van der Waals surface area contributed by atoms with Gasteiger partial charge in [-0.05, 0) is 42.5 Å². The quantitative estimate of drug-likeness (QED) is 0.841. The third-order valence-corrected chi connectivity index (χ3v) is 4.24. The molecule has 1 fully saturated rings. The Hall–Kier alpha value is -2.41. The Kier molecular flexibility index (Phi) is 4.80. The number of nitrogens with one attached hydrogen (secondary N) is 2. The van der Waals surface area contributed by atoms with Crippen LogP contribution in [0.4, 0.5) is 14.9 Å². The second kappa shape index (κ2) is 7.00. The normalized spacial score (nSPS) is 13.8. The van der Waals surface area contributed by atoms with Gasteiger partial charge < -0.3 is 10.6 Å². The summed E-state index contributed by atoms with van der Waals surface area (Å²) < 4.78 is 14.4. The third-order valence-electron chi connectivity index (χ3n) is 3.75. The SMILES string of the molecule is O=C(NCc1cc(Br)ccc1F)c1ccc(N2CCNC2=O)cc1. The zero-order valence-electron chi connectivity index (χ0n) is 12.7. The molecule has 3 rings (SSSR count). The zero-order valence-corrected chi connectivity index (χ0v) is 14.3. The van der Waals surface area contributed by atoms with Gasteiger partial charge in [-0.1, -0.05) is 15.9 Å². The van der Waals surface area contributed by atoms with Crippen molar-refractivity contribution in [3.63, 3.8) is 0 Å². The summed E-state index contributed by atoms with van der Waals surface area (Å²) in [5, 5.41) is 5.41. The van der Waals surface area contributed by atoms with Crippen LogP contribution < -0.4 is 15.5 Å². The van der Waals surface area contributed by atoms with E-state index in [-0.39, 0.29) is 24.3 Å². The molecular formula is C17H15BrFN3O2. The van der Waals surface area contributed by atoms with Crippen LogP contribution in [0.1, 0.15) is 15.9 Å².